The molecule has 1 heterocycles. The summed E-state index contributed by atoms with van der Waals surface area (Å²) in [6.45, 7) is 2.06. The standard InChI is InChI=1S/C18H15FN2OS/c1-12-3-2-4-13(9-12)10-16-11-20-18(23-16)21-17(22)14-5-7-15(19)8-6-14/h2-9,11H,10H2,1H3,(H,20,21,22). The molecule has 0 atom stereocenters. The number of carbonyl (C=O) groups excluding carboxylic acids is 1. The fourth-order valence-electron chi connectivity index (χ4n) is 2.24. The van der Waals surface area contributed by atoms with E-state index in [0.29, 0.717) is 10.7 Å². The van der Waals surface area contributed by atoms with Gasteiger partial charge in [-0.2, -0.15) is 0 Å². The van der Waals surface area contributed by atoms with E-state index < -0.39 is 0 Å². The Hall–Kier alpha value is -2.53. The van der Waals surface area contributed by atoms with Gasteiger partial charge >= 0.3 is 0 Å². The highest BCUT2D eigenvalue weighted by molar-refractivity contribution is 7.15. The van der Waals surface area contributed by atoms with Crippen LogP contribution in [0.4, 0.5) is 9.52 Å². The second-order valence-corrected chi connectivity index (χ2v) is 6.37. The second-order valence-electron chi connectivity index (χ2n) is 5.26. The Labute approximate surface area is 137 Å². The largest absolute Gasteiger partial charge is 0.298 e. The highest BCUT2D eigenvalue weighted by atomic mass is 32.1. The van der Waals surface area contributed by atoms with Crippen LogP contribution in [0.1, 0.15) is 26.4 Å². The molecule has 1 amide bonds. The number of carbonyl (C=O) groups is 1. The summed E-state index contributed by atoms with van der Waals surface area (Å²) in [6.07, 6.45) is 2.55. The fourth-order valence-corrected chi connectivity index (χ4v) is 3.08. The van der Waals surface area contributed by atoms with Gasteiger partial charge in [-0.05, 0) is 36.8 Å². The van der Waals surface area contributed by atoms with Crippen molar-refractivity contribution in [2.75, 3.05) is 5.32 Å². The number of aromatic nitrogens is 1. The van der Waals surface area contributed by atoms with Crippen molar-refractivity contribution in [2.45, 2.75) is 13.3 Å². The summed E-state index contributed by atoms with van der Waals surface area (Å²) in [5, 5.41) is 3.28. The molecule has 0 aliphatic heterocycles. The number of nitrogens with zero attached hydrogens (tertiary/aromatic N) is 1. The Morgan fingerprint density at radius 3 is 2.74 bits per heavy atom. The summed E-state index contributed by atoms with van der Waals surface area (Å²) in [5.74, 6) is -0.655. The van der Waals surface area contributed by atoms with Crippen LogP contribution in [-0.4, -0.2) is 10.9 Å². The average Bonchev–Trinajstić information content (AvgIpc) is 2.95. The summed E-state index contributed by atoms with van der Waals surface area (Å²) < 4.78 is 12.9. The molecule has 5 heteroatoms. The number of halogens is 1. The van der Waals surface area contributed by atoms with E-state index in [0.717, 1.165) is 11.3 Å². The maximum Gasteiger partial charge on any atom is 0.257 e. The van der Waals surface area contributed by atoms with Crippen LogP contribution in [0.2, 0.25) is 0 Å². The zero-order valence-corrected chi connectivity index (χ0v) is 13.4. The number of anilines is 1. The molecule has 0 fully saturated rings. The van der Waals surface area contributed by atoms with Crippen molar-refractivity contribution in [3.63, 3.8) is 0 Å². The molecule has 0 spiro atoms. The van der Waals surface area contributed by atoms with Crippen LogP contribution >= 0.6 is 11.3 Å². The summed E-state index contributed by atoms with van der Waals surface area (Å²) >= 11 is 1.44. The Balaban J connectivity index is 1.67. The Morgan fingerprint density at radius 2 is 2.00 bits per heavy atom. The van der Waals surface area contributed by atoms with Crippen LogP contribution in [0.5, 0.6) is 0 Å². The van der Waals surface area contributed by atoms with E-state index in [1.165, 1.54) is 46.7 Å². The van der Waals surface area contributed by atoms with Gasteiger partial charge in [0.15, 0.2) is 5.13 Å². The van der Waals surface area contributed by atoms with Crippen LogP contribution in [0.15, 0.2) is 54.7 Å². The summed E-state index contributed by atoms with van der Waals surface area (Å²) in [7, 11) is 0. The first-order valence-electron chi connectivity index (χ1n) is 7.17. The number of thiazole rings is 1. The highest BCUT2D eigenvalue weighted by Crippen LogP contribution is 2.22. The normalized spacial score (nSPS) is 10.5. The molecule has 116 valence electrons. The average molecular weight is 326 g/mol. The van der Waals surface area contributed by atoms with Crippen molar-refractivity contribution in [3.05, 3.63) is 82.1 Å². The molecule has 0 saturated heterocycles. The third kappa shape index (κ3) is 4.02. The molecule has 0 bridgehead atoms. The third-order valence-corrected chi connectivity index (χ3v) is 4.25. The van der Waals surface area contributed by atoms with Gasteiger partial charge in [-0.3, -0.25) is 10.1 Å². The van der Waals surface area contributed by atoms with E-state index in [2.05, 4.69) is 35.4 Å². The first kappa shape index (κ1) is 15.4. The van der Waals surface area contributed by atoms with Crippen molar-refractivity contribution in [1.29, 1.82) is 0 Å². The maximum absolute atomic E-state index is 12.9. The van der Waals surface area contributed by atoms with Gasteiger partial charge in [-0.15, -0.1) is 11.3 Å². The number of amides is 1. The molecule has 0 aliphatic rings. The predicted octanol–water partition coefficient (Wildman–Crippen LogP) is 4.43. The second kappa shape index (κ2) is 6.71. The zero-order valence-electron chi connectivity index (χ0n) is 12.5. The Kier molecular flexibility index (Phi) is 4.48. The molecule has 0 saturated carbocycles. The van der Waals surface area contributed by atoms with Crippen molar-refractivity contribution < 1.29 is 9.18 Å². The molecule has 3 rings (SSSR count). The smallest absolute Gasteiger partial charge is 0.257 e. The molecule has 1 N–H and O–H groups in total. The lowest BCUT2D eigenvalue weighted by atomic mass is 10.1. The molecule has 0 radical (unpaired) electrons. The van der Waals surface area contributed by atoms with E-state index in [4.69, 9.17) is 0 Å². The van der Waals surface area contributed by atoms with E-state index >= 15 is 0 Å². The van der Waals surface area contributed by atoms with Crippen LogP contribution < -0.4 is 5.32 Å². The van der Waals surface area contributed by atoms with Crippen LogP contribution in [0.25, 0.3) is 0 Å². The van der Waals surface area contributed by atoms with Gasteiger partial charge in [-0.25, -0.2) is 9.37 Å². The summed E-state index contributed by atoms with van der Waals surface area (Å²) in [6, 6.07) is 13.7. The van der Waals surface area contributed by atoms with Crippen molar-refractivity contribution >= 4 is 22.4 Å². The van der Waals surface area contributed by atoms with Gasteiger partial charge in [0.1, 0.15) is 5.82 Å². The molecule has 23 heavy (non-hydrogen) atoms. The Bertz CT molecular complexity index is 827. The third-order valence-electron chi connectivity index (χ3n) is 3.34. The van der Waals surface area contributed by atoms with E-state index in [1.807, 2.05) is 6.07 Å². The van der Waals surface area contributed by atoms with Crippen LogP contribution in [0.3, 0.4) is 0 Å². The summed E-state index contributed by atoms with van der Waals surface area (Å²) in [4.78, 5) is 17.4. The molecular formula is C18H15FN2OS. The number of nitrogens with one attached hydrogen (secondary N) is 1. The highest BCUT2D eigenvalue weighted by Gasteiger charge is 2.09. The van der Waals surface area contributed by atoms with Gasteiger partial charge in [0.25, 0.3) is 5.91 Å². The lowest BCUT2D eigenvalue weighted by molar-refractivity contribution is 0.102. The van der Waals surface area contributed by atoms with E-state index in [1.54, 1.807) is 6.20 Å². The van der Waals surface area contributed by atoms with Gasteiger partial charge in [-0.1, -0.05) is 29.8 Å². The first-order chi connectivity index (χ1) is 11.1. The summed E-state index contributed by atoms with van der Waals surface area (Å²) in [5.41, 5.74) is 2.84. The van der Waals surface area contributed by atoms with Gasteiger partial charge < -0.3 is 0 Å². The van der Waals surface area contributed by atoms with Crippen molar-refractivity contribution in [3.8, 4) is 0 Å². The molecule has 3 nitrogen and oxygen atoms in total. The van der Waals surface area contributed by atoms with Crippen molar-refractivity contribution in [2.24, 2.45) is 0 Å². The van der Waals surface area contributed by atoms with E-state index in [-0.39, 0.29) is 11.7 Å². The zero-order chi connectivity index (χ0) is 16.2. The van der Waals surface area contributed by atoms with E-state index in [9.17, 15) is 9.18 Å². The monoisotopic (exact) mass is 326 g/mol. The van der Waals surface area contributed by atoms with Crippen LogP contribution in [0, 0.1) is 12.7 Å². The first-order valence-corrected chi connectivity index (χ1v) is 7.99. The van der Waals surface area contributed by atoms with Gasteiger partial charge in [0, 0.05) is 23.1 Å². The Morgan fingerprint density at radius 1 is 1.22 bits per heavy atom. The SMILES string of the molecule is Cc1cccc(Cc2cnc(NC(=O)c3ccc(F)cc3)s2)c1. The molecular weight excluding hydrogens is 311 g/mol. The molecule has 2 aromatic carbocycles. The minimum atomic E-state index is -0.365. The number of hydrogen-bond donors (Lipinski definition) is 1. The number of rotatable bonds is 4. The molecule has 0 aliphatic carbocycles. The molecule has 3 aromatic rings. The van der Waals surface area contributed by atoms with Gasteiger partial charge in [0.2, 0.25) is 0 Å². The lowest BCUT2D eigenvalue weighted by Crippen LogP contribution is -2.11. The maximum atomic E-state index is 12.9. The molecule has 1 aromatic heterocycles. The van der Waals surface area contributed by atoms with Crippen LogP contribution in [-0.2, 0) is 6.42 Å². The lowest BCUT2D eigenvalue weighted by Gasteiger charge is -2.01. The minimum absolute atomic E-state index is 0.290. The number of aryl methyl sites for hydroxylation is 1. The number of benzene rings is 2. The predicted molar refractivity (Wildman–Crippen MR) is 90.5 cm³/mol. The van der Waals surface area contributed by atoms with Crippen molar-refractivity contribution in [1.82, 2.24) is 4.98 Å². The fraction of sp³-hybridized carbons (Fsp3) is 0.111. The minimum Gasteiger partial charge on any atom is -0.298 e. The quantitative estimate of drug-likeness (QED) is 0.770. The van der Waals surface area contributed by atoms with Gasteiger partial charge in [0.05, 0.1) is 0 Å². The number of hydrogen-bond acceptors (Lipinski definition) is 3. The topological polar surface area (TPSA) is 42.0 Å². The molecule has 0 unspecified atom stereocenters.